The molecule has 0 fully saturated rings. The lowest BCUT2D eigenvalue weighted by Gasteiger charge is -2.19. The van der Waals surface area contributed by atoms with Gasteiger partial charge in [0.05, 0.1) is 27.9 Å². The van der Waals surface area contributed by atoms with Gasteiger partial charge in [-0.05, 0) is 6.92 Å². The summed E-state index contributed by atoms with van der Waals surface area (Å²) in [5, 5.41) is 0. The lowest BCUT2D eigenvalue weighted by Crippen LogP contribution is -2.13. The van der Waals surface area contributed by atoms with Crippen LogP contribution < -0.4 is 9.47 Å². The second-order valence-corrected chi connectivity index (χ2v) is 4.33. The summed E-state index contributed by atoms with van der Waals surface area (Å²) < 4.78 is 26.5. The first-order valence-electron chi connectivity index (χ1n) is 6.10. The Morgan fingerprint density at radius 2 is 1.80 bits per heavy atom. The van der Waals surface area contributed by atoms with Crippen molar-refractivity contribution in [3.05, 3.63) is 22.3 Å². The highest BCUT2D eigenvalue weighted by Gasteiger charge is 2.36. The minimum absolute atomic E-state index is 0.311. The largest absolute Gasteiger partial charge is 0.496 e. The Bertz CT molecular complexity index is 537. The minimum atomic E-state index is -0.637. The molecule has 0 aliphatic carbocycles. The Balaban J connectivity index is 2.81. The average Bonchev–Trinajstić information content (AvgIpc) is 2.88. The number of hydrogen-bond donors (Lipinski definition) is 0. The predicted octanol–water partition coefficient (Wildman–Crippen LogP) is 1.97. The smallest absolute Gasteiger partial charge is 0.342 e. The van der Waals surface area contributed by atoms with Crippen molar-refractivity contribution in [2.45, 2.75) is 19.8 Å². The fraction of sp³-hybridized carbons (Fsp3) is 0.500. The van der Waals surface area contributed by atoms with E-state index in [1.165, 1.54) is 21.3 Å². The maximum atomic E-state index is 12.1. The highest BCUT2D eigenvalue weighted by Crippen LogP contribution is 2.46. The Kier molecular flexibility index (Phi) is 4.15. The Morgan fingerprint density at radius 1 is 1.15 bits per heavy atom. The van der Waals surface area contributed by atoms with Crippen LogP contribution in [0.15, 0.2) is 0 Å². The van der Waals surface area contributed by atoms with Crippen molar-refractivity contribution < 1.29 is 28.5 Å². The van der Waals surface area contributed by atoms with Crippen molar-refractivity contribution in [2.75, 3.05) is 28.4 Å². The summed E-state index contributed by atoms with van der Waals surface area (Å²) in [6.45, 7) is 2.14. The summed E-state index contributed by atoms with van der Waals surface area (Å²) in [5.41, 5.74) is 2.46. The zero-order chi connectivity index (χ0) is 14.9. The number of methoxy groups -OCH3 is 4. The van der Waals surface area contributed by atoms with Crippen LogP contribution in [0.25, 0.3) is 0 Å². The maximum absolute atomic E-state index is 12.1. The second-order valence-electron chi connectivity index (χ2n) is 4.33. The first-order chi connectivity index (χ1) is 9.60. The monoisotopic (exact) mass is 282 g/mol. The van der Waals surface area contributed by atoms with E-state index in [1.807, 2.05) is 6.92 Å². The Labute approximate surface area is 117 Å². The van der Waals surface area contributed by atoms with Gasteiger partial charge in [0, 0.05) is 23.8 Å². The highest BCUT2D eigenvalue weighted by atomic mass is 16.7. The number of esters is 1. The van der Waals surface area contributed by atoms with Crippen LogP contribution in [0.3, 0.4) is 0 Å². The van der Waals surface area contributed by atoms with Gasteiger partial charge in [-0.15, -0.1) is 0 Å². The van der Waals surface area contributed by atoms with Gasteiger partial charge in [0.2, 0.25) is 0 Å². The van der Waals surface area contributed by atoms with E-state index in [1.54, 1.807) is 7.11 Å². The summed E-state index contributed by atoms with van der Waals surface area (Å²) >= 11 is 0. The van der Waals surface area contributed by atoms with E-state index < -0.39 is 12.3 Å². The van der Waals surface area contributed by atoms with E-state index in [0.717, 1.165) is 11.1 Å². The lowest BCUT2D eigenvalue weighted by atomic mass is 9.96. The molecule has 0 aromatic heterocycles. The van der Waals surface area contributed by atoms with Crippen molar-refractivity contribution in [2.24, 2.45) is 0 Å². The summed E-state index contributed by atoms with van der Waals surface area (Å²) in [7, 11) is 5.91. The van der Waals surface area contributed by atoms with Crippen molar-refractivity contribution in [1.29, 1.82) is 0 Å². The number of carbonyl (C=O) groups excluding carboxylic acids is 1. The van der Waals surface area contributed by atoms with E-state index in [0.29, 0.717) is 29.2 Å². The summed E-state index contributed by atoms with van der Waals surface area (Å²) in [5.74, 6) is 0.570. The third kappa shape index (κ3) is 2.01. The van der Waals surface area contributed by atoms with E-state index in [2.05, 4.69) is 0 Å². The standard InChI is InChI=1S/C14H18O6/c1-7-11(16-2)8-6-20-14(19-5)9(8)10(12(7)17-3)13(15)18-4/h14H,6H2,1-5H3/t14-/m0/s1. The Hall–Kier alpha value is -1.79. The van der Waals surface area contributed by atoms with Gasteiger partial charge in [0.15, 0.2) is 6.29 Å². The number of carbonyl (C=O) groups is 1. The number of ether oxygens (including phenoxy) is 5. The molecule has 0 spiro atoms. The molecular formula is C14H18O6. The molecule has 1 aromatic rings. The van der Waals surface area contributed by atoms with Crippen molar-refractivity contribution in [3.63, 3.8) is 0 Å². The minimum Gasteiger partial charge on any atom is -0.496 e. The molecule has 0 N–H and O–H groups in total. The summed E-state index contributed by atoms with van der Waals surface area (Å²) in [6, 6.07) is 0. The van der Waals surface area contributed by atoms with Crippen LogP contribution in [0.1, 0.15) is 33.3 Å². The van der Waals surface area contributed by atoms with Gasteiger partial charge < -0.3 is 23.7 Å². The van der Waals surface area contributed by atoms with Gasteiger partial charge in [0.1, 0.15) is 17.1 Å². The zero-order valence-electron chi connectivity index (χ0n) is 12.2. The molecule has 1 atom stereocenters. The second kappa shape index (κ2) is 5.68. The molecule has 0 bridgehead atoms. The van der Waals surface area contributed by atoms with Crippen LogP contribution in [0.2, 0.25) is 0 Å². The average molecular weight is 282 g/mol. The molecule has 2 rings (SSSR count). The van der Waals surface area contributed by atoms with Crippen LogP contribution in [0.4, 0.5) is 0 Å². The molecule has 1 aliphatic heterocycles. The van der Waals surface area contributed by atoms with E-state index in [9.17, 15) is 4.79 Å². The molecule has 20 heavy (non-hydrogen) atoms. The first-order valence-corrected chi connectivity index (χ1v) is 6.10. The normalized spacial score (nSPS) is 16.8. The van der Waals surface area contributed by atoms with Crippen LogP contribution >= 0.6 is 0 Å². The van der Waals surface area contributed by atoms with Gasteiger partial charge in [-0.2, -0.15) is 0 Å². The molecule has 110 valence electrons. The topological polar surface area (TPSA) is 63.2 Å². The molecule has 1 aliphatic rings. The molecule has 6 nitrogen and oxygen atoms in total. The van der Waals surface area contributed by atoms with Crippen molar-refractivity contribution in [3.8, 4) is 11.5 Å². The fourth-order valence-electron chi connectivity index (χ4n) is 2.58. The van der Waals surface area contributed by atoms with Crippen LogP contribution in [0, 0.1) is 6.92 Å². The third-order valence-electron chi connectivity index (χ3n) is 3.40. The lowest BCUT2D eigenvalue weighted by molar-refractivity contribution is -0.118. The predicted molar refractivity (Wildman–Crippen MR) is 70.2 cm³/mol. The fourth-order valence-corrected chi connectivity index (χ4v) is 2.58. The molecule has 0 radical (unpaired) electrons. The van der Waals surface area contributed by atoms with Gasteiger partial charge in [-0.25, -0.2) is 4.79 Å². The molecule has 6 heteroatoms. The van der Waals surface area contributed by atoms with Gasteiger partial charge in [-0.1, -0.05) is 0 Å². The van der Waals surface area contributed by atoms with Crippen molar-refractivity contribution >= 4 is 5.97 Å². The summed E-state index contributed by atoms with van der Waals surface area (Å²) in [6.07, 6.45) is -0.637. The van der Waals surface area contributed by atoms with E-state index in [-0.39, 0.29) is 0 Å². The molecule has 1 aromatic carbocycles. The van der Waals surface area contributed by atoms with E-state index in [4.69, 9.17) is 23.7 Å². The quantitative estimate of drug-likeness (QED) is 0.787. The summed E-state index contributed by atoms with van der Waals surface area (Å²) in [4.78, 5) is 12.1. The number of benzene rings is 1. The third-order valence-corrected chi connectivity index (χ3v) is 3.40. The SMILES string of the molecule is COC(=O)c1c(OC)c(C)c(OC)c2c1[C@@H](OC)OC2. The molecule has 0 saturated carbocycles. The molecule has 0 amide bonds. The molecule has 0 unspecified atom stereocenters. The highest BCUT2D eigenvalue weighted by molar-refractivity contribution is 5.96. The van der Waals surface area contributed by atoms with Crippen LogP contribution in [-0.4, -0.2) is 34.4 Å². The van der Waals surface area contributed by atoms with Crippen LogP contribution in [-0.2, 0) is 20.8 Å². The van der Waals surface area contributed by atoms with Crippen LogP contribution in [0.5, 0.6) is 11.5 Å². The number of hydrogen-bond acceptors (Lipinski definition) is 6. The van der Waals surface area contributed by atoms with Gasteiger partial charge in [0.25, 0.3) is 0 Å². The zero-order valence-corrected chi connectivity index (χ0v) is 12.2. The van der Waals surface area contributed by atoms with Gasteiger partial charge >= 0.3 is 5.97 Å². The first kappa shape index (κ1) is 14.6. The van der Waals surface area contributed by atoms with Gasteiger partial charge in [-0.3, -0.25) is 0 Å². The Morgan fingerprint density at radius 3 is 2.30 bits per heavy atom. The van der Waals surface area contributed by atoms with Crippen molar-refractivity contribution in [1.82, 2.24) is 0 Å². The number of rotatable bonds is 4. The van der Waals surface area contributed by atoms with E-state index >= 15 is 0 Å². The maximum Gasteiger partial charge on any atom is 0.342 e. The molecule has 1 heterocycles. The molecule has 0 saturated heterocycles. The molecular weight excluding hydrogens is 264 g/mol. The number of fused-ring (bicyclic) bond motifs is 1.